The highest BCUT2D eigenvalue weighted by Crippen LogP contribution is 2.36. The number of rotatable bonds is 7. The molecule has 1 saturated carbocycles. The Morgan fingerprint density at radius 1 is 1.14 bits per heavy atom. The number of alkyl halides is 2. The smallest absolute Gasteiger partial charge is 0.342 e. The second-order valence-corrected chi connectivity index (χ2v) is 7.01. The molecule has 1 aromatic heterocycles. The van der Waals surface area contributed by atoms with Crippen LogP contribution in [0.3, 0.4) is 0 Å². The molecule has 0 amide bonds. The zero-order valence-corrected chi connectivity index (χ0v) is 16.2. The SMILES string of the molecule is CCOC(=O)[C@H]1CC[C@H](n2ncc(C(=O)OCc3ccccc3)c2C(F)F)CC1. The molecule has 1 aromatic carbocycles. The molecule has 0 spiro atoms. The Hall–Kier alpha value is -2.77. The maximum absolute atomic E-state index is 13.8. The molecule has 0 atom stereocenters. The van der Waals surface area contributed by atoms with Gasteiger partial charge in [0, 0.05) is 0 Å². The van der Waals surface area contributed by atoms with Crippen LogP contribution in [0, 0.1) is 5.92 Å². The molecule has 1 fully saturated rings. The van der Waals surface area contributed by atoms with Crippen LogP contribution in [0.5, 0.6) is 0 Å². The summed E-state index contributed by atoms with van der Waals surface area (Å²) in [7, 11) is 0. The Bertz CT molecular complexity index is 830. The molecule has 1 aliphatic carbocycles. The number of hydrogen-bond donors (Lipinski definition) is 0. The zero-order valence-electron chi connectivity index (χ0n) is 16.2. The summed E-state index contributed by atoms with van der Waals surface area (Å²) in [4.78, 5) is 24.3. The van der Waals surface area contributed by atoms with Crippen LogP contribution in [0.1, 0.15) is 66.7 Å². The quantitative estimate of drug-likeness (QED) is 0.635. The Morgan fingerprint density at radius 3 is 2.45 bits per heavy atom. The van der Waals surface area contributed by atoms with E-state index in [-0.39, 0.29) is 30.1 Å². The Kier molecular flexibility index (Phi) is 6.95. The largest absolute Gasteiger partial charge is 0.466 e. The molecule has 0 aliphatic heterocycles. The van der Waals surface area contributed by atoms with Crippen molar-refractivity contribution < 1.29 is 27.8 Å². The summed E-state index contributed by atoms with van der Waals surface area (Å²) in [5.41, 5.74) is 0.121. The number of hydrogen-bond acceptors (Lipinski definition) is 5. The van der Waals surface area contributed by atoms with Crippen LogP contribution in [0.4, 0.5) is 8.78 Å². The van der Waals surface area contributed by atoms with Gasteiger partial charge in [-0.1, -0.05) is 30.3 Å². The average Bonchev–Trinajstić information content (AvgIpc) is 3.19. The van der Waals surface area contributed by atoms with Crippen LogP contribution in [0.2, 0.25) is 0 Å². The van der Waals surface area contributed by atoms with E-state index in [2.05, 4.69) is 5.10 Å². The molecule has 0 bridgehead atoms. The van der Waals surface area contributed by atoms with Gasteiger partial charge in [0.05, 0.1) is 24.8 Å². The number of esters is 2. The van der Waals surface area contributed by atoms with E-state index in [4.69, 9.17) is 9.47 Å². The van der Waals surface area contributed by atoms with Crippen molar-refractivity contribution in [3.63, 3.8) is 0 Å². The van der Waals surface area contributed by atoms with Gasteiger partial charge in [0.2, 0.25) is 0 Å². The lowest BCUT2D eigenvalue weighted by molar-refractivity contribution is -0.149. The Balaban J connectivity index is 1.69. The van der Waals surface area contributed by atoms with E-state index in [1.54, 1.807) is 31.2 Å². The maximum atomic E-state index is 13.8. The third kappa shape index (κ3) is 4.99. The van der Waals surface area contributed by atoms with Crippen LogP contribution >= 0.6 is 0 Å². The highest BCUT2D eigenvalue weighted by molar-refractivity contribution is 5.90. The third-order valence-electron chi connectivity index (χ3n) is 5.14. The topological polar surface area (TPSA) is 70.4 Å². The molecule has 1 aliphatic rings. The minimum absolute atomic E-state index is 0.00181. The number of carbonyl (C=O) groups is 2. The first kappa shape index (κ1) is 21.0. The summed E-state index contributed by atoms with van der Waals surface area (Å²) in [6, 6.07) is 8.72. The molecule has 1 heterocycles. The predicted molar refractivity (Wildman–Crippen MR) is 100 cm³/mol. The van der Waals surface area contributed by atoms with E-state index < -0.39 is 18.1 Å². The van der Waals surface area contributed by atoms with Gasteiger partial charge < -0.3 is 9.47 Å². The number of halogens is 2. The Labute approximate surface area is 167 Å². The molecule has 156 valence electrons. The van der Waals surface area contributed by atoms with Crippen molar-refractivity contribution >= 4 is 11.9 Å². The molecular weight excluding hydrogens is 382 g/mol. The van der Waals surface area contributed by atoms with Crippen LogP contribution in [-0.2, 0) is 20.9 Å². The minimum Gasteiger partial charge on any atom is -0.466 e. The first-order valence-electron chi connectivity index (χ1n) is 9.74. The van der Waals surface area contributed by atoms with Crippen molar-refractivity contribution in [2.75, 3.05) is 6.61 Å². The van der Waals surface area contributed by atoms with Crippen molar-refractivity contribution in [1.82, 2.24) is 9.78 Å². The Morgan fingerprint density at radius 2 is 1.83 bits per heavy atom. The second-order valence-electron chi connectivity index (χ2n) is 7.01. The average molecular weight is 406 g/mol. The van der Waals surface area contributed by atoms with Crippen molar-refractivity contribution in [1.29, 1.82) is 0 Å². The molecule has 2 aromatic rings. The molecular formula is C21H24F2N2O4. The summed E-state index contributed by atoms with van der Waals surface area (Å²) in [5.74, 6) is -1.28. The van der Waals surface area contributed by atoms with Crippen LogP contribution in [0.25, 0.3) is 0 Å². The summed E-state index contributed by atoms with van der Waals surface area (Å²) in [5, 5.41) is 4.06. The number of aromatic nitrogens is 2. The van der Waals surface area contributed by atoms with Gasteiger partial charge >= 0.3 is 11.9 Å². The fourth-order valence-electron chi connectivity index (χ4n) is 3.65. The normalized spacial score (nSPS) is 19.2. The van der Waals surface area contributed by atoms with Gasteiger partial charge in [-0.05, 0) is 38.2 Å². The highest BCUT2D eigenvalue weighted by Gasteiger charge is 2.33. The molecule has 0 radical (unpaired) electrons. The van der Waals surface area contributed by atoms with Crippen molar-refractivity contribution in [3.05, 3.63) is 53.3 Å². The number of ether oxygens (including phenoxy) is 2. The van der Waals surface area contributed by atoms with E-state index >= 15 is 0 Å². The second kappa shape index (κ2) is 9.62. The van der Waals surface area contributed by atoms with Crippen LogP contribution < -0.4 is 0 Å². The van der Waals surface area contributed by atoms with Gasteiger partial charge in [-0.25, -0.2) is 13.6 Å². The van der Waals surface area contributed by atoms with E-state index in [1.165, 1.54) is 4.68 Å². The fourth-order valence-corrected chi connectivity index (χ4v) is 3.65. The van der Waals surface area contributed by atoms with Crippen LogP contribution in [0.15, 0.2) is 36.5 Å². The van der Waals surface area contributed by atoms with E-state index in [9.17, 15) is 18.4 Å². The lowest BCUT2D eigenvalue weighted by Gasteiger charge is -2.28. The first-order chi connectivity index (χ1) is 14.0. The van der Waals surface area contributed by atoms with Crippen molar-refractivity contribution in [2.24, 2.45) is 5.92 Å². The lowest BCUT2D eigenvalue weighted by Crippen LogP contribution is -2.26. The summed E-state index contributed by atoms with van der Waals surface area (Å²) >= 11 is 0. The van der Waals surface area contributed by atoms with E-state index in [1.807, 2.05) is 6.07 Å². The molecule has 6 nitrogen and oxygen atoms in total. The van der Waals surface area contributed by atoms with Crippen molar-refractivity contribution in [2.45, 2.75) is 51.7 Å². The molecule has 29 heavy (non-hydrogen) atoms. The van der Waals surface area contributed by atoms with Gasteiger partial charge in [0.1, 0.15) is 17.9 Å². The van der Waals surface area contributed by atoms with Gasteiger partial charge in [-0.3, -0.25) is 9.48 Å². The number of nitrogens with zero attached hydrogens (tertiary/aromatic N) is 2. The summed E-state index contributed by atoms with van der Waals surface area (Å²) < 4.78 is 39.0. The lowest BCUT2D eigenvalue weighted by atomic mass is 9.86. The molecule has 8 heteroatoms. The maximum Gasteiger partial charge on any atom is 0.342 e. The highest BCUT2D eigenvalue weighted by atomic mass is 19.3. The molecule has 0 N–H and O–H groups in total. The summed E-state index contributed by atoms with van der Waals surface area (Å²) in [6.07, 6.45) is 0.401. The first-order valence-corrected chi connectivity index (χ1v) is 9.74. The van der Waals surface area contributed by atoms with E-state index in [0.717, 1.165) is 11.8 Å². The standard InChI is InChI=1S/C21H24F2N2O4/c1-2-28-20(26)15-8-10-16(11-9-15)25-18(19(22)23)17(12-24-25)21(27)29-13-14-6-4-3-5-7-14/h3-7,12,15-16,19H,2,8-11,13H2,1H3/t15-,16-. The van der Waals surface area contributed by atoms with Gasteiger partial charge in [-0.2, -0.15) is 5.10 Å². The zero-order chi connectivity index (χ0) is 20.8. The molecule has 0 unspecified atom stereocenters. The fraction of sp³-hybridized carbons (Fsp3) is 0.476. The van der Waals surface area contributed by atoms with Crippen molar-refractivity contribution in [3.8, 4) is 0 Å². The predicted octanol–water partition coefficient (Wildman–Crippen LogP) is 4.47. The third-order valence-corrected chi connectivity index (χ3v) is 5.14. The van der Waals surface area contributed by atoms with Gasteiger partial charge in [0.25, 0.3) is 6.43 Å². The molecule has 3 rings (SSSR count). The van der Waals surface area contributed by atoms with Gasteiger partial charge in [-0.15, -0.1) is 0 Å². The number of carbonyl (C=O) groups excluding carboxylic acids is 2. The van der Waals surface area contributed by atoms with Crippen LogP contribution in [-0.4, -0.2) is 28.3 Å². The summed E-state index contributed by atoms with van der Waals surface area (Å²) in [6.45, 7) is 2.07. The molecule has 0 saturated heterocycles. The minimum atomic E-state index is -2.86. The monoisotopic (exact) mass is 406 g/mol. The van der Waals surface area contributed by atoms with E-state index in [0.29, 0.717) is 32.3 Å². The van der Waals surface area contributed by atoms with Gasteiger partial charge in [0.15, 0.2) is 0 Å². The number of benzene rings is 1.